The van der Waals surface area contributed by atoms with Crippen LogP contribution in [0.25, 0.3) is 0 Å². The van der Waals surface area contributed by atoms with Crippen LogP contribution >= 0.6 is 0 Å². The van der Waals surface area contributed by atoms with Crippen molar-refractivity contribution in [1.29, 1.82) is 0 Å². The van der Waals surface area contributed by atoms with E-state index in [1.807, 2.05) is 30.3 Å². The van der Waals surface area contributed by atoms with Crippen LogP contribution in [0.15, 0.2) is 30.3 Å². The number of carbonyl (C=O) groups excluding carboxylic acids is 2. The molecule has 0 bridgehead atoms. The summed E-state index contributed by atoms with van der Waals surface area (Å²) in [6.45, 7) is 4.16. The van der Waals surface area contributed by atoms with Crippen LogP contribution < -0.4 is 5.73 Å². The SMILES string of the molecule is NC(=O)CCN(Cc1ccccc1)C(=O)CN1CCCC(C2OCCO2)C1. The summed E-state index contributed by atoms with van der Waals surface area (Å²) in [6, 6.07) is 9.80. The van der Waals surface area contributed by atoms with E-state index in [1.54, 1.807) is 4.90 Å². The quantitative estimate of drug-likeness (QED) is 0.732. The summed E-state index contributed by atoms with van der Waals surface area (Å²) in [7, 11) is 0. The van der Waals surface area contributed by atoms with Crippen LogP contribution in [-0.2, 0) is 25.6 Å². The molecule has 7 nitrogen and oxygen atoms in total. The zero-order valence-electron chi connectivity index (χ0n) is 15.7. The van der Waals surface area contributed by atoms with Gasteiger partial charge in [-0.3, -0.25) is 14.5 Å². The van der Waals surface area contributed by atoms with Crippen molar-refractivity contribution >= 4 is 11.8 Å². The van der Waals surface area contributed by atoms with E-state index in [9.17, 15) is 9.59 Å². The second-order valence-electron chi connectivity index (χ2n) is 7.26. The molecule has 1 unspecified atom stereocenters. The Kier molecular flexibility index (Phi) is 7.20. The summed E-state index contributed by atoms with van der Waals surface area (Å²) < 4.78 is 11.3. The van der Waals surface area contributed by atoms with Gasteiger partial charge in [0.1, 0.15) is 0 Å². The number of benzene rings is 1. The third kappa shape index (κ3) is 6.02. The molecule has 0 radical (unpaired) electrons. The minimum Gasteiger partial charge on any atom is -0.370 e. The Morgan fingerprint density at radius 1 is 1.19 bits per heavy atom. The Morgan fingerprint density at radius 3 is 2.63 bits per heavy atom. The maximum atomic E-state index is 12.9. The number of hydrogen-bond acceptors (Lipinski definition) is 5. The van der Waals surface area contributed by atoms with Gasteiger partial charge in [0.25, 0.3) is 0 Å². The number of nitrogens with zero attached hydrogens (tertiary/aromatic N) is 2. The van der Waals surface area contributed by atoms with Crippen molar-refractivity contribution in [3.63, 3.8) is 0 Å². The average molecular weight is 375 g/mol. The van der Waals surface area contributed by atoms with Gasteiger partial charge in [-0.2, -0.15) is 0 Å². The van der Waals surface area contributed by atoms with E-state index in [2.05, 4.69) is 4.90 Å². The van der Waals surface area contributed by atoms with Gasteiger partial charge in [0.15, 0.2) is 6.29 Å². The molecule has 2 fully saturated rings. The standard InChI is InChI=1S/C20H29N3O4/c21-18(24)8-10-23(13-16-5-2-1-3-6-16)19(25)15-22-9-4-7-17(14-22)20-26-11-12-27-20/h1-3,5-6,17,20H,4,7-15H2,(H2,21,24). The molecule has 1 atom stereocenters. The van der Waals surface area contributed by atoms with Crippen molar-refractivity contribution in [2.24, 2.45) is 11.7 Å². The Balaban J connectivity index is 1.57. The molecule has 2 heterocycles. The zero-order chi connectivity index (χ0) is 19.1. The molecule has 2 aliphatic heterocycles. The summed E-state index contributed by atoms with van der Waals surface area (Å²) in [6.07, 6.45) is 2.12. The summed E-state index contributed by atoms with van der Waals surface area (Å²) in [5.74, 6) is -0.0642. The Hall–Kier alpha value is -1.96. The molecule has 0 aliphatic carbocycles. The molecule has 27 heavy (non-hydrogen) atoms. The molecule has 0 spiro atoms. The summed E-state index contributed by atoms with van der Waals surface area (Å²) in [5, 5.41) is 0. The molecule has 2 amide bonds. The molecule has 0 saturated carbocycles. The number of nitrogens with two attached hydrogens (primary N) is 1. The molecule has 2 aliphatic rings. The predicted molar refractivity (Wildman–Crippen MR) is 101 cm³/mol. The topological polar surface area (TPSA) is 85.1 Å². The van der Waals surface area contributed by atoms with E-state index in [4.69, 9.17) is 15.2 Å². The average Bonchev–Trinajstić information content (AvgIpc) is 3.21. The number of hydrogen-bond donors (Lipinski definition) is 1. The summed E-state index contributed by atoms with van der Waals surface area (Å²) in [5.41, 5.74) is 6.33. The van der Waals surface area contributed by atoms with Crippen LogP contribution in [0, 0.1) is 5.92 Å². The Labute approximate surface area is 160 Å². The first-order chi connectivity index (χ1) is 13.1. The number of likely N-dealkylation sites (tertiary alicyclic amines) is 1. The lowest BCUT2D eigenvalue weighted by Crippen LogP contribution is -2.46. The first-order valence-corrected chi connectivity index (χ1v) is 9.67. The largest absolute Gasteiger partial charge is 0.370 e. The maximum absolute atomic E-state index is 12.9. The van der Waals surface area contributed by atoms with Gasteiger partial charge in [-0.25, -0.2) is 0 Å². The van der Waals surface area contributed by atoms with Crippen molar-refractivity contribution in [2.75, 3.05) is 39.4 Å². The summed E-state index contributed by atoms with van der Waals surface area (Å²) >= 11 is 0. The Morgan fingerprint density at radius 2 is 1.93 bits per heavy atom. The highest BCUT2D eigenvalue weighted by Crippen LogP contribution is 2.24. The van der Waals surface area contributed by atoms with E-state index in [-0.39, 0.29) is 18.6 Å². The third-order valence-electron chi connectivity index (χ3n) is 5.13. The molecule has 2 saturated heterocycles. The van der Waals surface area contributed by atoms with Gasteiger partial charge in [0, 0.05) is 32.0 Å². The lowest BCUT2D eigenvalue weighted by Gasteiger charge is -2.35. The normalized spacial score (nSPS) is 21.3. The molecular formula is C20H29N3O4. The molecule has 7 heteroatoms. The number of amides is 2. The van der Waals surface area contributed by atoms with E-state index in [0.29, 0.717) is 38.8 Å². The minimum absolute atomic E-state index is 0.0222. The van der Waals surface area contributed by atoms with Crippen LogP contribution in [-0.4, -0.2) is 67.3 Å². The van der Waals surface area contributed by atoms with E-state index in [1.165, 1.54) is 0 Å². The second kappa shape index (κ2) is 9.82. The lowest BCUT2D eigenvalue weighted by molar-refractivity contribution is -0.136. The van der Waals surface area contributed by atoms with Crippen molar-refractivity contribution in [1.82, 2.24) is 9.80 Å². The monoisotopic (exact) mass is 375 g/mol. The molecular weight excluding hydrogens is 346 g/mol. The van der Waals surface area contributed by atoms with Crippen molar-refractivity contribution in [3.8, 4) is 0 Å². The first-order valence-electron chi connectivity index (χ1n) is 9.67. The van der Waals surface area contributed by atoms with Crippen LogP contribution in [0.2, 0.25) is 0 Å². The van der Waals surface area contributed by atoms with E-state index < -0.39 is 5.91 Å². The highest BCUT2D eigenvalue weighted by molar-refractivity contribution is 5.79. The van der Waals surface area contributed by atoms with Crippen molar-refractivity contribution in [3.05, 3.63) is 35.9 Å². The van der Waals surface area contributed by atoms with Gasteiger partial charge in [-0.1, -0.05) is 30.3 Å². The fraction of sp³-hybridized carbons (Fsp3) is 0.600. The van der Waals surface area contributed by atoms with Gasteiger partial charge in [0.05, 0.1) is 19.8 Å². The smallest absolute Gasteiger partial charge is 0.237 e. The molecule has 0 aromatic heterocycles. The molecule has 1 aromatic rings. The highest BCUT2D eigenvalue weighted by Gasteiger charge is 2.32. The van der Waals surface area contributed by atoms with Crippen molar-refractivity contribution in [2.45, 2.75) is 32.1 Å². The molecule has 148 valence electrons. The Bertz CT molecular complexity index is 619. The number of rotatable bonds is 8. The first kappa shape index (κ1) is 19.8. The van der Waals surface area contributed by atoms with Crippen molar-refractivity contribution < 1.29 is 19.1 Å². The number of primary amides is 1. The van der Waals surface area contributed by atoms with Gasteiger partial charge < -0.3 is 20.1 Å². The molecule has 2 N–H and O–H groups in total. The maximum Gasteiger partial charge on any atom is 0.237 e. The van der Waals surface area contributed by atoms with Crippen LogP contribution in [0.4, 0.5) is 0 Å². The fourth-order valence-electron chi connectivity index (χ4n) is 3.74. The van der Waals surface area contributed by atoms with Crippen LogP contribution in [0.1, 0.15) is 24.8 Å². The zero-order valence-corrected chi connectivity index (χ0v) is 15.7. The number of ether oxygens (including phenoxy) is 2. The van der Waals surface area contributed by atoms with Gasteiger partial charge in [0.2, 0.25) is 11.8 Å². The number of piperidine rings is 1. The van der Waals surface area contributed by atoms with Gasteiger partial charge in [-0.15, -0.1) is 0 Å². The number of carbonyl (C=O) groups is 2. The predicted octanol–water partition coefficient (Wildman–Crippen LogP) is 0.975. The molecule has 1 aromatic carbocycles. The van der Waals surface area contributed by atoms with E-state index in [0.717, 1.165) is 31.5 Å². The van der Waals surface area contributed by atoms with Crippen LogP contribution in [0.5, 0.6) is 0 Å². The fourth-order valence-corrected chi connectivity index (χ4v) is 3.74. The third-order valence-corrected chi connectivity index (χ3v) is 5.13. The second-order valence-corrected chi connectivity index (χ2v) is 7.26. The van der Waals surface area contributed by atoms with Gasteiger partial charge in [-0.05, 0) is 24.9 Å². The summed E-state index contributed by atoms with van der Waals surface area (Å²) in [4.78, 5) is 28.0. The highest BCUT2D eigenvalue weighted by atomic mass is 16.7. The van der Waals surface area contributed by atoms with Crippen LogP contribution in [0.3, 0.4) is 0 Å². The minimum atomic E-state index is -0.394. The van der Waals surface area contributed by atoms with E-state index >= 15 is 0 Å². The van der Waals surface area contributed by atoms with Gasteiger partial charge >= 0.3 is 0 Å². The molecule has 3 rings (SSSR count). The lowest BCUT2D eigenvalue weighted by atomic mass is 9.97.